The van der Waals surface area contributed by atoms with Crippen LogP contribution in [0.4, 0.5) is 0 Å². The van der Waals surface area contributed by atoms with Crippen molar-refractivity contribution in [2.75, 3.05) is 19.9 Å². The van der Waals surface area contributed by atoms with E-state index in [4.69, 9.17) is 14.2 Å². The van der Waals surface area contributed by atoms with Crippen LogP contribution in [0.5, 0.6) is 11.5 Å². The molecule has 1 amide bonds. The van der Waals surface area contributed by atoms with Gasteiger partial charge in [0.25, 0.3) is 0 Å². The molecule has 0 radical (unpaired) electrons. The highest BCUT2D eigenvalue weighted by Gasteiger charge is 2.13. The molecule has 1 heterocycles. The molecule has 0 unspecified atom stereocenters. The molecule has 0 atom stereocenters. The lowest BCUT2D eigenvalue weighted by atomic mass is 10.1. The number of aryl methyl sites for hydroxylation is 1. The maximum Gasteiger partial charge on any atom is 0.331 e. The topological polar surface area (TPSA) is 90.9 Å². The molecule has 2 aromatic rings. The minimum Gasteiger partial charge on any atom is -0.454 e. The monoisotopic (exact) mass is 409 g/mol. The molecule has 0 spiro atoms. The molecule has 0 fully saturated rings. The van der Waals surface area contributed by atoms with Crippen molar-refractivity contribution in [3.63, 3.8) is 0 Å². The molecule has 1 N–H and O–H groups in total. The Kier molecular flexibility index (Phi) is 7.21. The van der Waals surface area contributed by atoms with E-state index >= 15 is 0 Å². The van der Waals surface area contributed by atoms with Gasteiger partial charge in [-0.05, 0) is 42.2 Å². The maximum absolute atomic E-state index is 12.2. The average Bonchev–Trinajstić information content (AvgIpc) is 3.22. The van der Waals surface area contributed by atoms with E-state index in [-0.39, 0.29) is 25.1 Å². The Morgan fingerprint density at radius 3 is 2.60 bits per heavy atom. The van der Waals surface area contributed by atoms with Crippen molar-refractivity contribution >= 4 is 23.7 Å². The zero-order chi connectivity index (χ0) is 21.3. The van der Waals surface area contributed by atoms with Crippen molar-refractivity contribution in [3.8, 4) is 11.5 Å². The third kappa shape index (κ3) is 6.20. The Morgan fingerprint density at radius 1 is 1.07 bits per heavy atom. The summed E-state index contributed by atoms with van der Waals surface area (Å²) in [7, 11) is 0. The van der Waals surface area contributed by atoms with Crippen molar-refractivity contribution in [2.45, 2.75) is 19.8 Å². The summed E-state index contributed by atoms with van der Waals surface area (Å²) in [6.45, 7) is 1.96. The zero-order valence-electron chi connectivity index (χ0n) is 16.7. The molecule has 1 aliphatic heterocycles. The van der Waals surface area contributed by atoms with E-state index in [9.17, 15) is 14.4 Å². The van der Waals surface area contributed by atoms with E-state index in [2.05, 4.69) is 5.32 Å². The number of hydrogen-bond donors (Lipinski definition) is 1. The number of carbonyl (C=O) groups excluding carboxylic acids is 3. The number of rotatable bonds is 9. The summed E-state index contributed by atoms with van der Waals surface area (Å²) in [5.74, 6) is 0.370. The van der Waals surface area contributed by atoms with Gasteiger partial charge in [-0.15, -0.1) is 0 Å². The predicted octanol–water partition coefficient (Wildman–Crippen LogP) is 2.92. The van der Waals surface area contributed by atoms with Crippen LogP contribution in [0, 0.1) is 0 Å². The highest BCUT2D eigenvalue weighted by molar-refractivity contribution is 5.98. The Bertz CT molecular complexity index is 949. The summed E-state index contributed by atoms with van der Waals surface area (Å²) >= 11 is 0. The summed E-state index contributed by atoms with van der Waals surface area (Å²) in [5.41, 5.74) is 2.31. The van der Waals surface area contributed by atoms with Gasteiger partial charge in [0.1, 0.15) is 0 Å². The quantitative estimate of drug-likeness (QED) is 0.296. The SMILES string of the molecule is CC(=O)NCCCc1ccc(C(=O)COC(=O)/C=C/c2ccc3c(c2)OCO3)cc1. The third-order valence-electron chi connectivity index (χ3n) is 4.45. The molecular weight excluding hydrogens is 386 g/mol. The molecule has 1 aliphatic rings. The third-order valence-corrected chi connectivity index (χ3v) is 4.45. The molecular formula is C23H23NO6. The molecule has 0 saturated heterocycles. The molecule has 30 heavy (non-hydrogen) atoms. The number of ether oxygens (including phenoxy) is 3. The van der Waals surface area contributed by atoms with Gasteiger partial charge < -0.3 is 19.5 Å². The van der Waals surface area contributed by atoms with Crippen LogP contribution in [0.25, 0.3) is 6.08 Å². The minimum absolute atomic E-state index is 0.0452. The van der Waals surface area contributed by atoms with Crippen molar-refractivity contribution < 1.29 is 28.6 Å². The van der Waals surface area contributed by atoms with Crippen LogP contribution < -0.4 is 14.8 Å². The van der Waals surface area contributed by atoms with E-state index in [1.807, 2.05) is 12.1 Å². The molecule has 0 bridgehead atoms. The molecule has 156 valence electrons. The second-order valence-electron chi connectivity index (χ2n) is 6.76. The Balaban J connectivity index is 1.43. The molecule has 0 aliphatic carbocycles. The predicted molar refractivity (Wildman–Crippen MR) is 110 cm³/mol. The van der Waals surface area contributed by atoms with Crippen LogP contribution in [-0.2, 0) is 20.7 Å². The molecule has 0 aromatic heterocycles. The smallest absolute Gasteiger partial charge is 0.331 e. The van der Waals surface area contributed by atoms with Crippen LogP contribution in [0.3, 0.4) is 0 Å². The number of ketones is 1. The zero-order valence-corrected chi connectivity index (χ0v) is 16.7. The van der Waals surface area contributed by atoms with Crippen LogP contribution in [0.1, 0.15) is 34.8 Å². The highest BCUT2D eigenvalue weighted by atomic mass is 16.7. The van der Waals surface area contributed by atoms with Crippen molar-refractivity contribution in [1.82, 2.24) is 5.32 Å². The summed E-state index contributed by atoms with van der Waals surface area (Å²) < 4.78 is 15.6. The lowest BCUT2D eigenvalue weighted by Gasteiger charge is -2.05. The first kappa shape index (κ1) is 21.1. The van der Waals surface area contributed by atoms with Gasteiger partial charge in [-0.25, -0.2) is 4.79 Å². The van der Waals surface area contributed by atoms with E-state index in [1.54, 1.807) is 36.4 Å². The minimum atomic E-state index is -0.601. The maximum atomic E-state index is 12.2. The van der Waals surface area contributed by atoms with E-state index in [1.165, 1.54) is 13.0 Å². The van der Waals surface area contributed by atoms with Crippen molar-refractivity contribution in [2.24, 2.45) is 0 Å². The summed E-state index contributed by atoms with van der Waals surface area (Å²) in [5, 5.41) is 2.75. The van der Waals surface area contributed by atoms with Gasteiger partial charge in [0, 0.05) is 25.1 Å². The normalized spacial score (nSPS) is 12.0. The van der Waals surface area contributed by atoms with E-state index < -0.39 is 5.97 Å². The standard InChI is InChI=1S/C23H23NO6/c1-16(25)24-12-2-3-17-4-8-19(9-5-17)20(26)14-28-23(27)11-7-18-6-10-21-22(13-18)30-15-29-21/h4-11,13H,2-3,12,14-15H2,1H3,(H,24,25)/b11-7+. The van der Waals surface area contributed by atoms with Crippen LogP contribution in [-0.4, -0.2) is 37.6 Å². The molecule has 3 rings (SSSR count). The average molecular weight is 409 g/mol. The number of carbonyl (C=O) groups is 3. The van der Waals surface area contributed by atoms with Gasteiger partial charge in [0.05, 0.1) is 0 Å². The molecule has 7 heteroatoms. The van der Waals surface area contributed by atoms with Gasteiger partial charge >= 0.3 is 5.97 Å². The Morgan fingerprint density at radius 2 is 1.83 bits per heavy atom. The number of esters is 1. The summed E-state index contributed by atoms with van der Waals surface area (Å²) in [6.07, 6.45) is 4.47. The number of nitrogens with one attached hydrogen (secondary N) is 1. The molecule has 0 saturated carbocycles. The van der Waals surface area contributed by atoms with E-state index in [0.717, 1.165) is 24.0 Å². The lowest BCUT2D eigenvalue weighted by Crippen LogP contribution is -2.21. The summed E-state index contributed by atoms with van der Waals surface area (Å²) in [4.78, 5) is 34.9. The second-order valence-corrected chi connectivity index (χ2v) is 6.76. The van der Waals surface area contributed by atoms with Gasteiger partial charge in [-0.3, -0.25) is 9.59 Å². The summed E-state index contributed by atoms with van der Waals surface area (Å²) in [6, 6.07) is 12.5. The second kappa shape index (κ2) is 10.2. The van der Waals surface area contributed by atoms with E-state index in [0.29, 0.717) is 23.6 Å². The van der Waals surface area contributed by atoms with Crippen molar-refractivity contribution in [3.05, 3.63) is 65.2 Å². The fourth-order valence-corrected chi connectivity index (χ4v) is 2.86. The fourth-order valence-electron chi connectivity index (χ4n) is 2.86. The number of Topliss-reactive ketones (excluding diaryl/α,β-unsaturated/α-hetero) is 1. The first-order chi connectivity index (χ1) is 14.5. The number of benzene rings is 2. The van der Waals surface area contributed by atoms with Crippen molar-refractivity contribution in [1.29, 1.82) is 0 Å². The highest BCUT2D eigenvalue weighted by Crippen LogP contribution is 2.32. The number of amides is 1. The largest absolute Gasteiger partial charge is 0.454 e. The van der Waals surface area contributed by atoms with Gasteiger partial charge in [0.15, 0.2) is 23.9 Å². The number of fused-ring (bicyclic) bond motifs is 1. The van der Waals surface area contributed by atoms with Crippen LogP contribution in [0.15, 0.2) is 48.5 Å². The van der Waals surface area contributed by atoms with Crippen LogP contribution in [0.2, 0.25) is 0 Å². The first-order valence-corrected chi connectivity index (χ1v) is 9.62. The van der Waals surface area contributed by atoms with Crippen LogP contribution >= 0.6 is 0 Å². The molecule has 2 aromatic carbocycles. The van der Waals surface area contributed by atoms with Gasteiger partial charge in [0.2, 0.25) is 12.7 Å². The van der Waals surface area contributed by atoms with Gasteiger partial charge in [-0.1, -0.05) is 30.3 Å². The lowest BCUT2D eigenvalue weighted by molar-refractivity contribution is -0.136. The Hall–Kier alpha value is -3.61. The number of hydrogen-bond acceptors (Lipinski definition) is 6. The molecule has 7 nitrogen and oxygen atoms in total. The fraction of sp³-hybridized carbons (Fsp3) is 0.261. The first-order valence-electron chi connectivity index (χ1n) is 9.62. The van der Waals surface area contributed by atoms with Gasteiger partial charge in [-0.2, -0.15) is 0 Å². The Labute approximate surface area is 174 Å².